The van der Waals surface area contributed by atoms with Crippen molar-refractivity contribution in [2.24, 2.45) is 5.73 Å². The lowest BCUT2D eigenvalue weighted by Gasteiger charge is -2.23. The summed E-state index contributed by atoms with van der Waals surface area (Å²) in [6.45, 7) is -0.236. The number of halogens is 3. The first-order chi connectivity index (χ1) is 7.86. The van der Waals surface area contributed by atoms with Crippen LogP contribution >= 0.6 is 0 Å². The lowest BCUT2D eigenvalue weighted by atomic mass is 10.1. The monoisotopic (exact) mass is 250 g/mol. The van der Waals surface area contributed by atoms with E-state index in [1.54, 1.807) is 0 Å². The summed E-state index contributed by atoms with van der Waals surface area (Å²) in [6.07, 6.45) is -1.07. The Morgan fingerprint density at radius 3 is 2.94 bits per heavy atom. The molecule has 3 N–H and O–H groups in total. The van der Waals surface area contributed by atoms with E-state index in [0.29, 0.717) is 25.3 Å². The van der Waals surface area contributed by atoms with Gasteiger partial charge in [-0.05, 0) is 0 Å². The van der Waals surface area contributed by atoms with Gasteiger partial charge in [0.25, 0.3) is 0 Å². The number of hydrogen-bond donors (Lipinski definition) is 2. The van der Waals surface area contributed by atoms with Crippen LogP contribution in [0.4, 0.5) is 18.9 Å². The molecular formula is C9H13F3N4O. The second kappa shape index (κ2) is 4.19. The molecule has 17 heavy (non-hydrogen) atoms. The number of ether oxygens (including phenoxy) is 1. The van der Waals surface area contributed by atoms with Gasteiger partial charge in [0.1, 0.15) is 12.2 Å². The van der Waals surface area contributed by atoms with Gasteiger partial charge in [-0.25, -0.2) is 0 Å². The lowest BCUT2D eigenvalue weighted by molar-refractivity contribution is -0.142. The van der Waals surface area contributed by atoms with Gasteiger partial charge in [-0.1, -0.05) is 0 Å². The molecule has 1 unspecified atom stereocenters. The van der Waals surface area contributed by atoms with E-state index < -0.39 is 18.4 Å². The minimum Gasteiger partial charge on any atom is -0.377 e. The molecule has 1 fully saturated rings. The Labute approximate surface area is 95.7 Å². The van der Waals surface area contributed by atoms with Gasteiger partial charge in [0, 0.05) is 12.6 Å². The third kappa shape index (κ3) is 3.34. The highest BCUT2D eigenvalue weighted by atomic mass is 19.4. The number of alkyl halides is 3. The largest absolute Gasteiger partial charge is 0.408 e. The zero-order valence-corrected chi connectivity index (χ0v) is 9.00. The van der Waals surface area contributed by atoms with Gasteiger partial charge in [-0.15, -0.1) is 0 Å². The van der Waals surface area contributed by atoms with Crippen molar-refractivity contribution >= 4 is 5.69 Å². The van der Waals surface area contributed by atoms with E-state index in [4.69, 9.17) is 10.5 Å². The first kappa shape index (κ1) is 12.2. The average Bonchev–Trinajstić information content (AvgIpc) is 2.74. The summed E-state index contributed by atoms with van der Waals surface area (Å²) >= 11 is 0. The van der Waals surface area contributed by atoms with Crippen LogP contribution < -0.4 is 11.1 Å². The van der Waals surface area contributed by atoms with E-state index in [1.807, 2.05) is 0 Å². The second-order valence-electron chi connectivity index (χ2n) is 4.13. The van der Waals surface area contributed by atoms with Gasteiger partial charge in [-0.2, -0.15) is 18.3 Å². The van der Waals surface area contributed by atoms with Crippen molar-refractivity contribution in [3.8, 4) is 0 Å². The van der Waals surface area contributed by atoms with Crippen LogP contribution in [0.25, 0.3) is 0 Å². The highest BCUT2D eigenvalue weighted by molar-refractivity contribution is 5.41. The van der Waals surface area contributed by atoms with Crippen molar-refractivity contribution in [2.45, 2.75) is 24.8 Å². The molecule has 1 atom stereocenters. The van der Waals surface area contributed by atoms with E-state index >= 15 is 0 Å². The van der Waals surface area contributed by atoms with Crippen molar-refractivity contribution in [1.29, 1.82) is 0 Å². The van der Waals surface area contributed by atoms with Gasteiger partial charge in [0.05, 0.1) is 25.1 Å². The van der Waals surface area contributed by atoms with Crippen molar-refractivity contribution in [2.75, 3.05) is 18.5 Å². The topological polar surface area (TPSA) is 65.1 Å². The van der Waals surface area contributed by atoms with Crippen LogP contribution in [0, 0.1) is 0 Å². The molecule has 8 heteroatoms. The Morgan fingerprint density at radius 2 is 2.35 bits per heavy atom. The van der Waals surface area contributed by atoms with E-state index in [0.717, 1.165) is 4.68 Å². The van der Waals surface area contributed by atoms with Gasteiger partial charge in [-0.3, -0.25) is 4.68 Å². The Kier molecular flexibility index (Phi) is 3.00. The van der Waals surface area contributed by atoms with Gasteiger partial charge in [0.2, 0.25) is 0 Å². The molecule has 0 saturated carbocycles. The number of anilines is 1. The zero-order valence-electron chi connectivity index (χ0n) is 9.00. The van der Waals surface area contributed by atoms with Crippen molar-refractivity contribution < 1.29 is 17.9 Å². The van der Waals surface area contributed by atoms with Crippen molar-refractivity contribution in [3.05, 3.63) is 12.4 Å². The molecule has 0 radical (unpaired) electrons. The number of aromatic nitrogens is 2. The molecule has 1 aliphatic rings. The molecule has 0 aliphatic carbocycles. The normalized spacial score (nSPS) is 25.2. The van der Waals surface area contributed by atoms with Gasteiger partial charge >= 0.3 is 6.18 Å². The molecule has 0 spiro atoms. The number of hydrogen-bond acceptors (Lipinski definition) is 4. The molecule has 0 aromatic carbocycles. The number of rotatable bonds is 3. The standard InChI is InChI=1S/C9H13F3N4O/c10-9(11,12)5-16-4-7(3-14-16)15-8(13)1-2-17-6-8/h3-4,15H,1-2,5-6,13H2. The zero-order chi connectivity index (χ0) is 12.5. The molecule has 1 saturated heterocycles. The third-order valence-corrected chi connectivity index (χ3v) is 2.42. The molecule has 96 valence electrons. The van der Waals surface area contributed by atoms with Crippen LogP contribution in [-0.4, -0.2) is 34.8 Å². The molecular weight excluding hydrogens is 237 g/mol. The molecule has 5 nitrogen and oxygen atoms in total. The fraction of sp³-hybridized carbons (Fsp3) is 0.667. The molecule has 1 aromatic rings. The molecule has 0 amide bonds. The molecule has 1 aromatic heterocycles. The average molecular weight is 250 g/mol. The highest BCUT2D eigenvalue weighted by Gasteiger charge is 2.31. The molecule has 2 rings (SSSR count). The molecule has 0 bridgehead atoms. The molecule has 2 heterocycles. The summed E-state index contributed by atoms with van der Waals surface area (Å²) in [6, 6.07) is 0. The van der Waals surface area contributed by atoms with Crippen LogP contribution in [-0.2, 0) is 11.3 Å². The minimum atomic E-state index is -4.28. The number of nitrogens with two attached hydrogens (primary N) is 1. The first-order valence-electron chi connectivity index (χ1n) is 5.10. The smallest absolute Gasteiger partial charge is 0.377 e. The van der Waals surface area contributed by atoms with Gasteiger partial charge < -0.3 is 15.8 Å². The Morgan fingerprint density at radius 1 is 1.59 bits per heavy atom. The maximum absolute atomic E-state index is 12.1. The summed E-state index contributed by atoms with van der Waals surface area (Å²) in [5.41, 5.74) is 5.68. The SMILES string of the molecule is NC1(Nc2cnn(CC(F)(F)F)c2)CCOC1. The lowest BCUT2D eigenvalue weighted by Crippen LogP contribution is -2.48. The van der Waals surface area contributed by atoms with Crippen LogP contribution in [0.1, 0.15) is 6.42 Å². The number of nitrogens with one attached hydrogen (secondary N) is 1. The quantitative estimate of drug-likeness (QED) is 0.783. The highest BCUT2D eigenvalue weighted by Crippen LogP contribution is 2.21. The summed E-state index contributed by atoms with van der Waals surface area (Å²) in [7, 11) is 0. The summed E-state index contributed by atoms with van der Waals surface area (Å²) < 4.78 is 42.3. The summed E-state index contributed by atoms with van der Waals surface area (Å²) in [4.78, 5) is 0. The first-order valence-corrected chi connectivity index (χ1v) is 5.10. The van der Waals surface area contributed by atoms with Crippen LogP contribution in [0.15, 0.2) is 12.4 Å². The van der Waals surface area contributed by atoms with Gasteiger partial charge in [0.15, 0.2) is 0 Å². The maximum atomic E-state index is 12.1. The minimum absolute atomic E-state index is 0.331. The predicted octanol–water partition coefficient (Wildman–Crippen LogP) is 0.933. The second-order valence-corrected chi connectivity index (χ2v) is 4.13. The maximum Gasteiger partial charge on any atom is 0.408 e. The van der Waals surface area contributed by atoms with E-state index in [2.05, 4.69) is 10.4 Å². The number of nitrogens with zero attached hydrogens (tertiary/aromatic N) is 2. The fourth-order valence-electron chi connectivity index (χ4n) is 1.67. The van der Waals surface area contributed by atoms with Crippen molar-refractivity contribution in [1.82, 2.24) is 9.78 Å². The third-order valence-electron chi connectivity index (χ3n) is 2.42. The van der Waals surface area contributed by atoms with E-state index in [1.165, 1.54) is 12.4 Å². The van der Waals surface area contributed by atoms with Crippen molar-refractivity contribution in [3.63, 3.8) is 0 Å². The van der Waals surface area contributed by atoms with E-state index in [9.17, 15) is 13.2 Å². The Bertz CT molecular complexity index is 384. The fourth-order valence-corrected chi connectivity index (χ4v) is 1.67. The molecule has 1 aliphatic heterocycles. The van der Waals surface area contributed by atoms with Crippen LogP contribution in [0.3, 0.4) is 0 Å². The Balaban J connectivity index is 1.98. The predicted molar refractivity (Wildman–Crippen MR) is 54.3 cm³/mol. The van der Waals surface area contributed by atoms with E-state index in [-0.39, 0.29) is 0 Å². The summed E-state index contributed by atoms with van der Waals surface area (Å²) in [5.74, 6) is 0. The summed E-state index contributed by atoms with van der Waals surface area (Å²) in [5, 5.41) is 6.54. The van der Waals surface area contributed by atoms with Crippen LogP contribution in [0.5, 0.6) is 0 Å². The van der Waals surface area contributed by atoms with Crippen LogP contribution in [0.2, 0.25) is 0 Å². The Hall–Kier alpha value is -1.28.